The van der Waals surface area contributed by atoms with Gasteiger partial charge in [-0.3, -0.25) is 4.79 Å². The number of ether oxygens (including phenoxy) is 2. The Bertz CT molecular complexity index is 1010. The maximum atomic E-state index is 12.6. The van der Waals surface area contributed by atoms with E-state index >= 15 is 0 Å². The third-order valence-corrected chi connectivity index (χ3v) is 4.85. The Morgan fingerprint density at radius 3 is 2.28 bits per heavy atom. The molecular weight excluding hydrogens is 366 g/mol. The van der Waals surface area contributed by atoms with E-state index in [2.05, 4.69) is 5.32 Å². The van der Waals surface area contributed by atoms with Crippen LogP contribution in [0.15, 0.2) is 60.7 Å². The lowest BCUT2D eigenvalue weighted by molar-refractivity contribution is -0.125. The molecule has 0 unspecified atom stereocenters. The van der Waals surface area contributed by atoms with Gasteiger partial charge in [-0.1, -0.05) is 61.0 Å². The van der Waals surface area contributed by atoms with Gasteiger partial charge in [-0.2, -0.15) is 0 Å². The first-order valence-corrected chi connectivity index (χ1v) is 9.61. The molecule has 0 aliphatic rings. The van der Waals surface area contributed by atoms with E-state index in [4.69, 9.17) is 9.47 Å². The molecule has 0 fully saturated rings. The van der Waals surface area contributed by atoms with Gasteiger partial charge in [0.2, 0.25) is 0 Å². The number of nitrogens with one attached hydrogen (secondary N) is 1. The van der Waals surface area contributed by atoms with Crippen LogP contribution in [-0.4, -0.2) is 25.6 Å². The number of hydrogen-bond acceptors (Lipinski definition) is 4. The molecule has 3 rings (SSSR count). The summed E-state index contributed by atoms with van der Waals surface area (Å²) in [5.74, 6) is -0.517. The van der Waals surface area contributed by atoms with Gasteiger partial charge in [0, 0.05) is 0 Å². The highest BCUT2D eigenvalue weighted by atomic mass is 16.5. The summed E-state index contributed by atoms with van der Waals surface area (Å²) in [4.78, 5) is 24.9. The van der Waals surface area contributed by atoms with Crippen LogP contribution in [0, 0.1) is 6.92 Å². The van der Waals surface area contributed by atoms with Gasteiger partial charge in [0.15, 0.2) is 6.61 Å². The van der Waals surface area contributed by atoms with Crippen LogP contribution in [-0.2, 0) is 9.53 Å². The summed E-state index contributed by atoms with van der Waals surface area (Å²) in [6, 6.07) is 19.1. The van der Waals surface area contributed by atoms with E-state index in [-0.39, 0.29) is 18.6 Å². The van der Waals surface area contributed by atoms with Crippen LogP contribution in [0.1, 0.15) is 40.9 Å². The molecule has 5 heteroatoms. The summed E-state index contributed by atoms with van der Waals surface area (Å²) in [5.41, 5.74) is 2.48. The minimum atomic E-state index is -0.592. The Labute approximate surface area is 170 Å². The summed E-state index contributed by atoms with van der Waals surface area (Å²) in [6.45, 7) is 3.66. The van der Waals surface area contributed by atoms with Crippen LogP contribution in [0.25, 0.3) is 10.8 Å². The standard InChI is InChI=1S/C24H25NO4/c1-4-21(17-11-9-16(2)10-12-17)25-23(26)15-29-24(27)20-13-18-7-5-6-8-19(18)14-22(20)28-3/h5-14,21H,4,15H2,1-3H3,(H,25,26)/t21-/m1/s1. The lowest BCUT2D eigenvalue weighted by Gasteiger charge is -2.18. The van der Waals surface area contributed by atoms with Crippen LogP contribution in [0.4, 0.5) is 0 Å². The predicted octanol–water partition coefficient (Wildman–Crippen LogP) is 4.58. The van der Waals surface area contributed by atoms with Gasteiger partial charge in [0.1, 0.15) is 11.3 Å². The average molecular weight is 391 g/mol. The van der Waals surface area contributed by atoms with E-state index in [0.29, 0.717) is 11.3 Å². The van der Waals surface area contributed by atoms with Gasteiger partial charge < -0.3 is 14.8 Å². The van der Waals surface area contributed by atoms with Crippen molar-refractivity contribution in [2.75, 3.05) is 13.7 Å². The minimum absolute atomic E-state index is 0.128. The molecule has 0 aromatic heterocycles. The highest BCUT2D eigenvalue weighted by molar-refractivity contribution is 5.99. The highest BCUT2D eigenvalue weighted by Crippen LogP contribution is 2.26. The predicted molar refractivity (Wildman–Crippen MR) is 113 cm³/mol. The molecule has 5 nitrogen and oxygen atoms in total. The quantitative estimate of drug-likeness (QED) is 0.599. The molecule has 150 valence electrons. The third kappa shape index (κ3) is 4.93. The van der Waals surface area contributed by atoms with Crippen molar-refractivity contribution in [3.05, 3.63) is 77.4 Å². The number of esters is 1. The fraction of sp³-hybridized carbons (Fsp3) is 0.250. The van der Waals surface area contributed by atoms with E-state index < -0.39 is 5.97 Å². The van der Waals surface area contributed by atoms with Crippen molar-refractivity contribution in [3.8, 4) is 5.75 Å². The first-order valence-electron chi connectivity index (χ1n) is 9.61. The lowest BCUT2D eigenvalue weighted by atomic mass is 10.0. The summed E-state index contributed by atoms with van der Waals surface area (Å²) >= 11 is 0. The SMILES string of the molecule is CC[C@@H](NC(=O)COC(=O)c1cc2ccccc2cc1OC)c1ccc(C)cc1. The van der Waals surface area contributed by atoms with Gasteiger partial charge >= 0.3 is 5.97 Å². The number of rotatable bonds is 7. The normalized spacial score (nSPS) is 11.7. The van der Waals surface area contributed by atoms with Crippen molar-refractivity contribution in [2.24, 2.45) is 0 Å². The molecule has 1 N–H and O–H groups in total. The number of hydrogen-bond donors (Lipinski definition) is 1. The maximum absolute atomic E-state index is 12.6. The van der Waals surface area contributed by atoms with Crippen molar-refractivity contribution in [1.82, 2.24) is 5.32 Å². The number of fused-ring (bicyclic) bond motifs is 1. The Kier molecular flexibility index (Phi) is 6.50. The smallest absolute Gasteiger partial charge is 0.342 e. The molecular formula is C24H25NO4. The molecule has 0 saturated carbocycles. The fourth-order valence-electron chi connectivity index (χ4n) is 3.21. The monoisotopic (exact) mass is 391 g/mol. The molecule has 0 heterocycles. The van der Waals surface area contributed by atoms with Crippen molar-refractivity contribution in [2.45, 2.75) is 26.3 Å². The van der Waals surface area contributed by atoms with Crippen LogP contribution < -0.4 is 10.1 Å². The zero-order chi connectivity index (χ0) is 20.8. The Balaban J connectivity index is 1.66. The van der Waals surface area contributed by atoms with Crippen LogP contribution in [0.3, 0.4) is 0 Å². The molecule has 0 saturated heterocycles. The van der Waals surface area contributed by atoms with Crippen molar-refractivity contribution in [3.63, 3.8) is 0 Å². The highest BCUT2D eigenvalue weighted by Gasteiger charge is 2.18. The van der Waals surface area contributed by atoms with E-state index in [1.54, 1.807) is 12.1 Å². The molecule has 1 amide bonds. The molecule has 0 radical (unpaired) electrons. The molecule has 0 aliphatic heterocycles. The average Bonchev–Trinajstić information content (AvgIpc) is 2.75. The van der Waals surface area contributed by atoms with Gasteiger partial charge in [-0.25, -0.2) is 4.79 Å². The van der Waals surface area contributed by atoms with E-state index in [1.807, 2.05) is 62.4 Å². The van der Waals surface area contributed by atoms with Gasteiger partial charge in [0.05, 0.1) is 13.2 Å². The largest absolute Gasteiger partial charge is 0.496 e. The Hall–Kier alpha value is -3.34. The molecule has 29 heavy (non-hydrogen) atoms. The molecule has 1 atom stereocenters. The first-order chi connectivity index (χ1) is 14.0. The number of amides is 1. The summed E-state index contributed by atoms with van der Waals surface area (Å²) in [7, 11) is 1.50. The van der Waals surface area contributed by atoms with Crippen molar-refractivity contribution >= 4 is 22.6 Å². The number of aryl methyl sites for hydroxylation is 1. The summed E-state index contributed by atoms with van der Waals surface area (Å²) < 4.78 is 10.6. The van der Waals surface area contributed by atoms with Crippen LogP contribution in [0.2, 0.25) is 0 Å². The number of benzene rings is 3. The molecule has 0 bridgehead atoms. The van der Waals surface area contributed by atoms with E-state index in [9.17, 15) is 9.59 Å². The molecule has 3 aromatic rings. The van der Waals surface area contributed by atoms with Crippen LogP contribution >= 0.6 is 0 Å². The molecule has 0 aliphatic carbocycles. The van der Waals surface area contributed by atoms with Gasteiger partial charge in [0.25, 0.3) is 5.91 Å². The lowest BCUT2D eigenvalue weighted by Crippen LogP contribution is -2.32. The second-order valence-corrected chi connectivity index (χ2v) is 6.91. The summed E-state index contributed by atoms with van der Waals surface area (Å²) in [5, 5.41) is 4.78. The number of methoxy groups -OCH3 is 1. The third-order valence-electron chi connectivity index (χ3n) is 4.85. The molecule has 0 spiro atoms. The molecule has 3 aromatic carbocycles. The zero-order valence-corrected chi connectivity index (χ0v) is 16.9. The Morgan fingerprint density at radius 2 is 1.66 bits per heavy atom. The Morgan fingerprint density at radius 1 is 1.00 bits per heavy atom. The number of carbonyl (C=O) groups is 2. The fourth-order valence-corrected chi connectivity index (χ4v) is 3.21. The summed E-state index contributed by atoms with van der Waals surface area (Å²) in [6.07, 6.45) is 0.737. The maximum Gasteiger partial charge on any atom is 0.342 e. The minimum Gasteiger partial charge on any atom is -0.496 e. The second-order valence-electron chi connectivity index (χ2n) is 6.91. The zero-order valence-electron chi connectivity index (χ0n) is 16.9. The van der Waals surface area contributed by atoms with E-state index in [1.165, 1.54) is 7.11 Å². The van der Waals surface area contributed by atoms with Gasteiger partial charge in [-0.05, 0) is 41.8 Å². The topological polar surface area (TPSA) is 64.6 Å². The van der Waals surface area contributed by atoms with E-state index in [0.717, 1.165) is 28.3 Å². The second kappa shape index (κ2) is 9.24. The number of carbonyl (C=O) groups excluding carboxylic acids is 2. The first kappa shape index (κ1) is 20.4. The van der Waals surface area contributed by atoms with Crippen LogP contribution in [0.5, 0.6) is 5.75 Å². The van der Waals surface area contributed by atoms with Gasteiger partial charge in [-0.15, -0.1) is 0 Å². The van der Waals surface area contributed by atoms with Crippen molar-refractivity contribution in [1.29, 1.82) is 0 Å². The van der Waals surface area contributed by atoms with Crippen molar-refractivity contribution < 1.29 is 19.1 Å².